The standard InChI is InChI=1S/C9H17NO4S/c1-7(2)14-9(11)10-5-8-3-4-15(12,13)6-8/h7-8H,3-6H2,1-2H3,(H,10,11)/t8-/m1/s1. The third-order valence-electron chi connectivity index (χ3n) is 2.20. The summed E-state index contributed by atoms with van der Waals surface area (Å²) in [6, 6.07) is 0. The summed E-state index contributed by atoms with van der Waals surface area (Å²) in [4.78, 5) is 11.1. The van der Waals surface area contributed by atoms with Crippen molar-refractivity contribution in [1.82, 2.24) is 5.32 Å². The Morgan fingerprint density at radius 1 is 1.53 bits per heavy atom. The highest BCUT2D eigenvalue weighted by Crippen LogP contribution is 2.17. The highest BCUT2D eigenvalue weighted by Gasteiger charge is 2.28. The molecule has 0 aromatic heterocycles. The van der Waals surface area contributed by atoms with Crippen molar-refractivity contribution < 1.29 is 17.9 Å². The summed E-state index contributed by atoms with van der Waals surface area (Å²) in [5.74, 6) is 0.447. The molecule has 0 unspecified atom stereocenters. The first-order valence-electron chi connectivity index (χ1n) is 5.04. The predicted molar refractivity (Wildman–Crippen MR) is 56.4 cm³/mol. The number of rotatable bonds is 3. The van der Waals surface area contributed by atoms with E-state index in [0.29, 0.717) is 13.0 Å². The molecule has 0 aromatic carbocycles. The Bertz CT molecular complexity index is 323. The van der Waals surface area contributed by atoms with Crippen LogP contribution in [0.2, 0.25) is 0 Å². The van der Waals surface area contributed by atoms with Crippen molar-refractivity contribution in [1.29, 1.82) is 0 Å². The van der Waals surface area contributed by atoms with E-state index in [1.54, 1.807) is 13.8 Å². The van der Waals surface area contributed by atoms with Gasteiger partial charge in [0.25, 0.3) is 0 Å². The number of carbonyl (C=O) groups is 1. The van der Waals surface area contributed by atoms with E-state index in [2.05, 4.69) is 5.32 Å². The Hall–Kier alpha value is -0.780. The van der Waals surface area contributed by atoms with E-state index in [0.717, 1.165) is 0 Å². The van der Waals surface area contributed by atoms with Gasteiger partial charge in [0, 0.05) is 6.54 Å². The van der Waals surface area contributed by atoms with Gasteiger partial charge in [0.1, 0.15) is 0 Å². The highest BCUT2D eigenvalue weighted by atomic mass is 32.2. The fourth-order valence-electron chi connectivity index (χ4n) is 1.52. The van der Waals surface area contributed by atoms with E-state index in [9.17, 15) is 13.2 Å². The Balaban J connectivity index is 2.24. The molecule has 1 atom stereocenters. The molecule has 1 saturated heterocycles. The molecule has 1 aliphatic heterocycles. The topological polar surface area (TPSA) is 72.5 Å². The first kappa shape index (κ1) is 12.3. The normalized spacial score (nSPS) is 24.1. The van der Waals surface area contributed by atoms with Crippen LogP contribution >= 0.6 is 0 Å². The molecular formula is C9H17NO4S. The fourth-order valence-corrected chi connectivity index (χ4v) is 3.38. The third kappa shape index (κ3) is 4.51. The van der Waals surface area contributed by atoms with Crippen LogP contribution in [0.15, 0.2) is 0 Å². The van der Waals surface area contributed by atoms with Gasteiger partial charge < -0.3 is 10.1 Å². The molecule has 1 amide bonds. The van der Waals surface area contributed by atoms with Crippen LogP contribution in [0.1, 0.15) is 20.3 Å². The molecule has 88 valence electrons. The molecule has 0 spiro atoms. The monoisotopic (exact) mass is 235 g/mol. The van der Waals surface area contributed by atoms with Crippen molar-refractivity contribution in [2.75, 3.05) is 18.1 Å². The fraction of sp³-hybridized carbons (Fsp3) is 0.889. The summed E-state index contributed by atoms with van der Waals surface area (Å²) in [6.07, 6.45) is -0.00351. The van der Waals surface area contributed by atoms with Gasteiger partial charge in [0.05, 0.1) is 17.6 Å². The molecule has 1 N–H and O–H groups in total. The number of sulfone groups is 1. The molecule has 0 aromatic rings. The van der Waals surface area contributed by atoms with Crippen LogP contribution in [0, 0.1) is 5.92 Å². The Morgan fingerprint density at radius 3 is 2.67 bits per heavy atom. The van der Waals surface area contributed by atoms with Gasteiger partial charge in [0.15, 0.2) is 9.84 Å². The summed E-state index contributed by atoms with van der Waals surface area (Å²) in [6.45, 7) is 3.91. The lowest BCUT2D eigenvalue weighted by molar-refractivity contribution is 0.114. The van der Waals surface area contributed by atoms with Crippen LogP contribution in [0.3, 0.4) is 0 Å². The van der Waals surface area contributed by atoms with E-state index >= 15 is 0 Å². The number of nitrogens with one attached hydrogen (secondary N) is 1. The van der Waals surface area contributed by atoms with Crippen LogP contribution in [0.4, 0.5) is 4.79 Å². The lowest BCUT2D eigenvalue weighted by atomic mass is 10.1. The minimum absolute atomic E-state index is 0.0368. The van der Waals surface area contributed by atoms with Gasteiger partial charge in [-0.15, -0.1) is 0 Å². The molecule has 0 saturated carbocycles. The molecule has 1 rings (SSSR count). The maximum absolute atomic E-state index is 11.1. The zero-order valence-corrected chi connectivity index (χ0v) is 9.84. The van der Waals surface area contributed by atoms with Crippen molar-refractivity contribution in [3.8, 4) is 0 Å². The Kier molecular flexibility index (Phi) is 3.96. The van der Waals surface area contributed by atoms with E-state index in [1.165, 1.54) is 0 Å². The van der Waals surface area contributed by atoms with Crippen LogP contribution in [0.25, 0.3) is 0 Å². The molecule has 0 radical (unpaired) electrons. The van der Waals surface area contributed by atoms with Crippen LogP contribution in [-0.4, -0.2) is 38.7 Å². The number of hydrogen-bond acceptors (Lipinski definition) is 4. The summed E-state index contributed by atoms with van der Waals surface area (Å²) >= 11 is 0. The molecule has 1 heterocycles. The van der Waals surface area contributed by atoms with Crippen molar-refractivity contribution in [2.45, 2.75) is 26.4 Å². The number of carbonyl (C=O) groups excluding carboxylic acids is 1. The minimum atomic E-state index is -2.86. The zero-order chi connectivity index (χ0) is 11.5. The third-order valence-corrected chi connectivity index (χ3v) is 4.04. The zero-order valence-electron chi connectivity index (χ0n) is 9.02. The van der Waals surface area contributed by atoms with Gasteiger partial charge in [-0.3, -0.25) is 0 Å². The molecule has 1 fully saturated rings. The summed E-state index contributed by atoms with van der Waals surface area (Å²) in [5.41, 5.74) is 0. The SMILES string of the molecule is CC(C)OC(=O)NC[C@H]1CCS(=O)(=O)C1. The largest absolute Gasteiger partial charge is 0.447 e. The highest BCUT2D eigenvalue weighted by molar-refractivity contribution is 7.91. The van der Waals surface area contributed by atoms with E-state index in [-0.39, 0.29) is 23.5 Å². The lowest BCUT2D eigenvalue weighted by Crippen LogP contribution is -2.31. The van der Waals surface area contributed by atoms with E-state index < -0.39 is 15.9 Å². The van der Waals surface area contributed by atoms with Gasteiger partial charge in [0.2, 0.25) is 0 Å². The van der Waals surface area contributed by atoms with Crippen molar-refractivity contribution in [2.24, 2.45) is 5.92 Å². The molecule has 15 heavy (non-hydrogen) atoms. The molecule has 0 bridgehead atoms. The molecule has 6 heteroatoms. The van der Waals surface area contributed by atoms with Crippen LogP contribution in [-0.2, 0) is 14.6 Å². The summed E-state index contributed by atoms with van der Waals surface area (Å²) in [5, 5.41) is 2.57. The summed E-state index contributed by atoms with van der Waals surface area (Å²) < 4.78 is 27.1. The average molecular weight is 235 g/mol. The summed E-state index contributed by atoms with van der Waals surface area (Å²) in [7, 11) is -2.86. The maximum Gasteiger partial charge on any atom is 0.407 e. The van der Waals surface area contributed by atoms with Crippen molar-refractivity contribution in [3.63, 3.8) is 0 Å². The number of hydrogen-bond donors (Lipinski definition) is 1. The van der Waals surface area contributed by atoms with Gasteiger partial charge >= 0.3 is 6.09 Å². The first-order chi connectivity index (χ1) is 6.89. The Morgan fingerprint density at radius 2 is 2.20 bits per heavy atom. The quantitative estimate of drug-likeness (QED) is 0.775. The second-order valence-corrected chi connectivity index (χ2v) is 6.33. The number of amides is 1. The molecule has 1 aliphatic rings. The van der Waals surface area contributed by atoms with Crippen molar-refractivity contribution in [3.05, 3.63) is 0 Å². The lowest BCUT2D eigenvalue weighted by Gasteiger charge is -2.11. The van der Waals surface area contributed by atoms with Gasteiger partial charge in [-0.1, -0.05) is 0 Å². The van der Waals surface area contributed by atoms with E-state index in [1.807, 2.05) is 0 Å². The number of ether oxygens (including phenoxy) is 1. The van der Waals surface area contributed by atoms with Crippen LogP contribution < -0.4 is 5.32 Å². The average Bonchev–Trinajstić information content (AvgIpc) is 2.41. The maximum atomic E-state index is 11.1. The number of alkyl carbamates (subject to hydrolysis) is 1. The first-order valence-corrected chi connectivity index (χ1v) is 6.86. The Labute approximate surface area is 90.1 Å². The molecular weight excluding hydrogens is 218 g/mol. The van der Waals surface area contributed by atoms with Gasteiger partial charge in [-0.25, -0.2) is 13.2 Å². The molecule has 5 nitrogen and oxygen atoms in total. The van der Waals surface area contributed by atoms with Gasteiger partial charge in [-0.05, 0) is 26.2 Å². The van der Waals surface area contributed by atoms with Crippen LogP contribution in [0.5, 0.6) is 0 Å². The van der Waals surface area contributed by atoms with E-state index in [4.69, 9.17) is 4.74 Å². The van der Waals surface area contributed by atoms with Crippen molar-refractivity contribution >= 4 is 15.9 Å². The molecule has 0 aliphatic carbocycles. The second kappa shape index (κ2) is 4.83. The minimum Gasteiger partial charge on any atom is -0.447 e. The van der Waals surface area contributed by atoms with Gasteiger partial charge in [-0.2, -0.15) is 0 Å². The second-order valence-electron chi connectivity index (χ2n) is 4.10. The predicted octanol–water partition coefficient (Wildman–Crippen LogP) is 0.556. The smallest absolute Gasteiger partial charge is 0.407 e.